The second kappa shape index (κ2) is 2.25. The fraction of sp³-hybridized carbons (Fsp3) is 0.429. The van der Waals surface area contributed by atoms with E-state index in [-0.39, 0.29) is 18.2 Å². The first kappa shape index (κ1) is 6.99. The molecule has 0 aliphatic carbocycles. The van der Waals surface area contributed by atoms with Crippen LogP contribution in [0.3, 0.4) is 0 Å². The molecule has 1 saturated heterocycles. The third-order valence-corrected chi connectivity index (χ3v) is 1.64. The van der Waals surface area contributed by atoms with Crippen molar-refractivity contribution in [2.45, 2.75) is 13.3 Å². The lowest BCUT2D eigenvalue weighted by Gasteiger charge is -2.01. The number of carbonyl (C=O) groups is 2. The number of allylic oxidation sites excluding steroid dienone is 1. The van der Waals surface area contributed by atoms with Gasteiger partial charge in [0.2, 0.25) is 5.91 Å². The zero-order valence-corrected chi connectivity index (χ0v) is 6.05. The minimum atomic E-state index is -0.160. The fourth-order valence-electron chi connectivity index (χ4n) is 0.911. The van der Waals surface area contributed by atoms with Gasteiger partial charge in [0, 0.05) is 12.6 Å². The van der Waals surface area contributed by atoms with Crippen molar-refractivity contribution in [3.8, 4) is 0 Å². The van der Waals surface area contributed by atoms with Gasteiger partial charge in [0.1, 0.15) is 0 Å². The average molecular weight is 139 g/mol. The molecule has 0 aromatic rings. The minimum Gasteiger partial charge on any atom is -0.282 e. The molecule has 0 atom stereocenters. The van der Waals surface area contributed by atoms with E-state index < -0.39 is 0 Å². The number of carbonyl (C=O) groups excluding carboxylic acids is 2. The van der Waals surface area contributed by atoms with E-state index in [1.807, 2.05) is 0 Å². The summed E-state index contributed by atoms with van der Waals surface area (Å²) < 4.78 is 0. The Balaban J connectivity index is 2.92. The molecule has 10 heavy (non-hydrogen) atoms. The number of imide groups is 1. The minimum absolute atomic E-state index is 0.113. The molecule has 0 bridgehead atoms. The maximum absolute atomic E-state index is 11.0. The Bertz CT molecular complexity index is 218. The summed E-state index contributed by atoms with van der Waals surface area (Å²) in [5.74, 6) is -0.273. The summed E-state index contributed by atoms with van der Waals surface area (Å²) >= 11 is 0. The van der Waals surface area contributed by atoms with Crippen molar-refractivity contribution >= 4 is 11.8 Å². The summed E-state index contributed by atoms with van der Waals surface area (Å²) in [5, 5.41) is 0. The topological polar surface area (TPSA) is 37.4 Å². The molecule has 1 fully saturated rings. The number of likely N-dealkylation sites (N-methyl/N-ethyl adjacent to an activating group) is 1. The van der Waals surface area contributed by atoms with Crippen LogP contribution in [0.5, 0.6) is 0 Å². The van der Waals surface area contributed by atoms with E-state index in [2.05, 4.69) is 0 Å². The predicted octanol–water partition coefficient (Wildman–Crippen LogP) is 0.321. The molecular weight excluding hydrogens is 130 g/mol. The smallest absolute Gasteiger partial charge is 0.256 e. The second-order valence-corrected chi connectivity index (χ2v) is 2.25. The molecule has 0 aromatic heterocycles. The van der Waals surface area contributed by atoms with Gasteiger partial charge in [0.05, 0.1) is 6.42 Å². The molecule has 0 N–H and O–H groups in total. The van der Waals surface area contributed by atoms with Gasteiger partial charge in [-0.25, -0.2) is 0 Å². The summed E-state index contributed by atoms with van der Waals surface area (Å²) in [6.07, 6.45) is 1.95. The quantitative estimate of drug-likeness (QED) is 0.358. The largest absolute Gasteiger partial charge is 0.282 e. The van der Waals surface area contributed by atoms with Crippen molar-refractivity contribution in [3.05, 3.63) is 11.6 Å². The van der Waals surface area contributed by atoms with Crippen molar-refractivity contribution in [1.29, 1.82) is 0 Å². The van der Waals surface area contributed by atoms with Crippen molar-refractivity contribution in [3.63, 3.8) is 0 Å². The number of rotatable bonds is 0. The van der Waals surface area contributed by atoms with Gasteiger partial charge in [0.15, 0.2) is 0 Å². The molecule has 0 aromatic carbocycles. The lowest BCUT2D eigenvalue weighted by Crippen LogP contribution is -2.23. The highest BCUT2D eigenvalue weighted by Crippen LogP contribution is 2.15. The maximum atomic E-state index is 11.0. The Morgan fingerprint density at radius 2 is 2.10 bits per heavy atom. The van der Waals surface area contributed by atoms with Gasteiger partial charge in [-0.3, -0.25) is 14.5 Å². The van der Waals surface area contributed by atoms with Crippen molar-refractivity contribution in [1.82, 2.24) is 4.90 Å². The molecule has 1 aliphatic rings. The normalized spacial score (nSPS) is 23.0. The average Bonchev–Trinajstić information content (AvgIpc) is 2.17. The van der Waals surface area contributed by atoms with E-state index in [9.17, 15) is 9.59 Å². The van der Waals surface area contributed by atoms with Crippen LogP contribution >= 0.6 is 0 Å². The number of hydrogen-bond donors (Lipinski definition) is 0. The van der Waals surface area contributed by atoms with E-state index in [0.29, 0.717) is 5.57 Å². The SMILES string of the molecule is C/C=C1/CC(=O)N(C)C1=O. The van der Waals surface area contributed by atoms with Gasteiger partial charge in [-0.15, -0.1) is 0 Å². The molecule has 0 radical (unpaired) electrons. The number of likely N-dealkylation sites (tertiary alicyclic amines) is 1. The van der Waals surface area contributed by atoms with E-state index in [0.717, 1.165) is 4.90 Å². The van der Waals surface area contributed by atoms with Crippen LogP contribution in [0.25, 0.3) is 0 Å². The van der Waals surface area contributed by atoms with Crippen LogP contribution in [0.4, 0.5) is 0 Å². The Labute approximate surface area is 59.3 Å². The van der Waals surface area contributed by atoms with E-state index in [4.69, 9.17) is 0 Å². The zero-order chi connectivity index (χ0) is 7.72. The lowest BCUT2D eigenvalue weighted by atomic mass is 10.2. The number of nitrogens with zero attached hydrogens (tertiary/aromatic N) is 1. The lowest BCUT2D eigenvalue weighted by molar-refractivity contribution is -0.135. The third-order valence-electron chi connectivity index (χ3n) is 1.64. The van der Waals surface area contributed by atoms with E-state index in [1.54, 1.807) is 13.0 Å². The van der Waals surface area contributed by atoms with E-state index in [1.165, 1.54) is 7.05 Å². The fourth-order valence-corrected chi connectivity index (χ4v) is 0.911. The first-order chi connectivity index (χ1) is 4.66. The highest BCUT2D eigenvalue weighted by Gasteiger charge is 2.29. The molecule has 1 heterocycles. The summed E-state index contributed by atoms with van der Waals surface area (Å²) in [5.41, 5.74) is 0.604. The molecule has 1 rings (SSSR count). The molecule has 0 saturated carbocycles. The summed E-state index contributed by atoms with van der Waals surface area (Å²) in [7, 11) is 1.50. The van der Waals surface area contributed by atoms with Crippen LogP contribution in [-0.2, 0) is 9.59 Å². The van der Waals surface area contributed by atoms with Gasteiger partial charge in [0.25, 0.3) is 5.91 Å². The first-order valence-electron chi connectivity index (χ1n) is 3.13. The Morgan fingerprint density at radius 1 is 1.50 bits per heavy atom. The summed E-state index contributed by atoms with van der Waals surface area (Å²) in [6, 6.07) is 0. The molecule has 2 amide bonds. The Hall–Kier alpha value is -1.12. The molecule has 1 aliphatic heterocycles. The van der Waals surface area contributed by atoms with Crippen molar-refractivity contribution < 1.29 is 9.59 Å². The van der Waals surface area contributed by atoms with Crippen molar-refractivity contribution in [2.75, 3.05) is 7.05 Å². The van der Waals surface area contributed by atoms with E-state index >= 15 is 0 Å². The Morgan fingerprint density at radius 3 is 2.30 bits per heavy atom. The van der Waals surface area contributed by atoms with Crippen LogP contribution in [-0.4, -0.2) is 23.8 Å². The molecule has 3 nitrogen and oxygen atoms in total. The number of amides is 2. The van der Waals surface area contributed by atoms with Gasteiger partial charge in [-0.1, -0.05) is 6.08 Å². The zero-order valence-electron chi connectivity index (χ0n) is 6.05. The standard InChI is InChI=1S/C7H9NO2/c1-3-5-4-6(9)8(2)7(5)10/h3H,4H2,1-2H3/b5-3-. The number of hydrogen-bond acceptors (Lipinski definition) is 2. The van der Waals surface area contributed by atoms with Crippen LogP contribution in [0, 0.1) is 0 Å². The van der Waals surface area contributed by atoms with Gasteiger partial charge in [-0.2, -0.15) is 0 Å². The van der Waals surface area contributed by atoms with Crippen molar-refractivity contribution in [2.24, 2.45) is 0 Å². The van der Waals surface area contributed by atoms with Crippen LogP contribution in [0.1, 0.15) is 13.3 Å². The van der Waals surface area contributed by atoms with Gasteiger partial charge >= 0.3 is 0 Å². The molecule has 3 heteroatoms. The molecule has 0 spiro atoms. The van der Waals surface area contributed by atoms with Crippen LogP contribution in [0.15, 0.2) is 11.6 Å². The third kappa shape index (κ3) is 0.835. The monoisotopic (exact) mass is 139 g/mol. The maximum Gasteiger partial charge on any atom is 0.256 e. The summed E-state index contributed by atoms with van der Waals surface area (Å²) in [6.45, 7) is 1.76. The highest BCUT2D eigenvalue weighted by atomic mass is 16.2. The second-order valence-electron chi connectivity index (χ2n) is 2.25. The van der Waals surface area contributed by atoms with Crippen LogP contribution in [0.2, 0.25) is 0 Å². The Kier molecular flexibility index (Phi) is 1.57. The van der Waals surface area contributed by atoms with Crippen LogP contribution < -0.4 is 0 Å². The van der Waals surface area contributed by atoms with Gasteiger partial charge < -0.3 is 0 Å². The summed E-state index contributed by atoms with van der Waals surface area (Å²) in [4.78, 5) is 22.9. The molecule has 0 unspecified atom stereocenters. The highest BCUT2D eigenvalue weighted by molar-refractivity contribution is 6.12. The van der Waals surface area contributed by atoms with Gasteiger partial charge in [-0.05, 0) is 6.92 Å². The molecular formula is C7H9NO2. The predicted molar refractivity (Wildman–Crippen MR) is 36.2 cm³/mol. The first-order valence-corrected chi connectivity index (χ1v) is 3.13. The molecule has 54 valence electrons.